The molecule has 0 radical (unpaired) electrons. The third-order valence-corrected chi connectivity index (χ3v) is 5.43. The van der Waals surface area contributed by atoms with Crippen LogP contribution in [0.3, 0.4) is 0 Å². The topological polar surface area (TPSA) is 32.7 Å². The van der Waals surface area contributed by atoms with Gasteiger partial charge in [0.2, 0.25) is 0 Å². The Morgan fingerprint density at radius 2 is 1.68 bits per heavy atom. The van der Waals surface area contributed by atoms with E-state index in [2.05, 4.69) is 5.10 Å². The van der Waals surface area contributed by atoms with Gasteiger partial charge in [-0.1, -0.05) is 64.8 Å². The number of carbonyl (C=O) groups excluding carboxylic acids is 1. The summed E-state index contributed by atoms with van der Waals surface area (Å²) in [7, 11) is 0. The summed E-state index contributed by atoms with van der Waals surface area (Å²) in [5.41, 5.74) is 1.38. The van der Waals surface area contributed by atoms with Crippen molar-refractivity contribution in [2.75, 3.05) is 0 Å². The molecule has 1 saturated heterocycles. The molecule has 1 aliphatic rings. The Bertz CT molecular complexity index is 890. The summed E-state index contributed by atoms with van der Waals surface area (Å²) in [6.45, 7) is 0. The molecule has 126 valence electrons. The van der Waals surface area contributed by atoms with Gasteiger partial charge in [-0.15, -0.1) is 0 Å². The zero-order chi connectivity index (χ0) is 18.0. The van der Waals surface area contributed by atoms with Crippen LogP contribution in [0, 0.1) is 0 Å². The van der Waals surface area contributed by atoms with Crippen molar-refractivity contribution in [1.29, 1.82) is 0 Å². The minimum absolute atomic E-state index is 0.323. The summed E-state index contributed by atoms with van der Waals surface area (Å²) in [5, 5.41) is 6.89. The number of rotatable bonds is 3. The van der Waals surface area contributed by atoms with E-state index in [-0.39, 0.29) is 5.91 Å². The lowest BCUT2D eigenvalue weighted by Gasteiger charge is -2.06. The van der Waals surface area contributed by atoms with Crippen LogP contribution in [0.25, 0.3) is 6.08 Å². The molecule has 0 spiro atoms. The number of carbonyl (C=O) groups is 1. The molecule has 0 bridgehead atoms. The lowest BCUT2D eigenvalue weighted by Crippen LogP contribution is -2.22. The van der Waals surface area contributed by atoms with Crippen molar-refractivity contribution in [3.8, 4) is 0 Å². The molecule has 0 unspecified atom stereocenters. The maximum absolute atomic E-state index is 12.5. The van der Waals surface area contributed by atoms with Gasteiger partial charge in [0.05, 0.1) is 11.1 Å². The van der Waals surface area contributed by atoms with Crippen LogP contribution >= 0.6 is 58.8 Å². The Morgan fingerprint density at radius 3 is 2.32 bits per heavy atom. The maximum Gasteiger partial charge on any atom is 0.286 e. The number of amides is 1. The molecule has 25 heavy (non-hydrogen) atoms. The van der Waals surface area contributed by atoms with Gasteiger partial charge < -0.3 is 0 Å². The van der Waals surface area contributed by atoms with E-state index in [1.54, 1.807) is 54.8 Å². The molecule has 0 aliphatic carbocycles. The molecule has 0 saturated carbocycles. The first-order chi connectivity index (χ1) is 12.0. The number of hydrogen-bond donors (Lipinski definition) is 0. The Hall–Kier alpha value is -1.37. The molecule has 1 amide bonds. The van der Waals surface area contributed by atoms with Crippen molar-refractivity contribution in [2.45, 2.75) is 0 Å². The van der Waals surface area contributed by atoms with Crippen molar-refractivity contribution >= 4 is 81.3 Å². The highest BCUT2D eigenvalue weighted by Gasteiger charge is 2.32. The van der Waals surface area contributed by atoms with E-state index in [1.807, 2.05) is 0 Å². The van der Waals surface area contributed by atoms with Crippen LogP contribution in [0.4, 0.5) is 0 Å². The van der Waals surface area contributed by atoms with Gasteiger partial charge >= 0.3 is 0 Å². The summed E-state index contributed by atoms with van der Waals surface area (Å²) in [5.74, 6) is -0.323. The maximum atomic E-state index is 12.5. The SMILES string of the molecule is O=C1/C(=C\c2c(Cl)cccc2Cl)SC(=S)N1/N=C/c1ccc(Cl)cc1. The van der Waals surface area contributed by atoms with Crippen molar-refractivity contribution in [1.82, 2.24) is 5.01 Å². The van der Waals surface area contributed by atoms with Gasteiger partial charge in [-0.05, 0) is 48.1 Å². The monoisotopic (exact) mass is 426 g/mol. The normalized spacial score (nSPS) is 16.4. The number of thiocarbonyl (C=S) groups is 1. The van der Waals surface area contributed by atoms with Crippen molar-refractivity contribution in [3.05, 3.63) is 73.6 Å². The first-order valence-electron chi connectivity index (χ1n) is 6.97. The molecule has 3 rings (SSSR count). The minimum atomic E-state index is -0.323. The predicted molar refractivity (Wildman–Crippen MR) is 111 cm³/mol. The minimum Gasteiger partial charge on any atom is -0.266 e. The molecule has 1 heterocycles. The average Bonchev–Trinajstić information content (AvgIpc) is 2.84. The molecular formula is C17H9Cl3N2OS2. The third kappa shape index (κ3) is 4.25. The highest BCUT2D eigenvalue weighted by atomic mass is 35.5. The van der Waals surface area contributed by atoms with Crippen LogP contribution in [0.1, 0.15) is 11.1 Å². The van der Waals surface area contributed by atoms with Gasteiger partial charge in [-0.25, -0.2) is 0 Å². The quantitative estimate of drug-likeness (QED) is 0.348. The Labute approximate surface area is 169 Å². The molecule has 2 aromatic rings. The second-order valence-electron chi connectivity index (χ2n) is 4.92. The summed E-state index contributed by atoms with van der Waals surface area (Å²) in [4.78, 5) is 13.0. The van der Waals surface area contributed by atoms with E-state index in [0.717, 1.165) is 17.3 Å². The number of hydrazone groups is 1. The van der Waals surface area contributed by atoms with E-state index in [4.69, 9.17) is 47.0 Å². The molecule has 0 N–H and O–H groups in total. The van der Waals surface area contributed by atoms with Crippen LogP contribution in [-0.2, 0) is 4.79 Å². The largest absolute Gasteiger partial charge is 0.286 e. The van der Waals surface area contributed by atoms with Crippen molar-refractivity contribution in [3.63, 3.8) is 0 Å². The Morgan fingerprint density at radius 1 is 1.04 bits per heavy atom. The van der Waals surface area contributed by atoms with Crippen LogP contribution < -0.4 is 0 Å². The molecule has 8 heteroatoms. The van der Waals surface area contributed by atoms with Gasteiger partial charge in [0.1, 0.15) is 0 Å². The highest BCUT2D eigenvalue weighted by Crippen LogP contribution is 2.35. The molecule has 3 nitrogen and oxygen atoms in total. The van der Waals surface area contributed by atoms with E-state index in [0.29, 0.717) is 29.9 Å². The fourth-order valence-electron chi connectivity index (χ4n) is 2.01. The van der Waals surface area contributed by atoms with Crippen LogP contribution in [0.5, 0.6) is 0 Å². The van der Waals surface area contributed by atoms with Gasteiger partial charge in [-0.2, -0.15) is 10.1 Å². The molecule has 1 fully saturated rings. The Kier molecular flexibility index (Phi) is 5.81. The van der Waals surface area contributed by atoms with Gasteiger partial charge in [0.25, 0.3) is 5.91 Å². The third-order valence-electron chi connectivity index (χ3n) is 3.24. The molecule has 2 aromatic carbocycles. The molecule has 1 aliphatic heterocycles. The van der Waals surface area contributed by atoms with Crippen LogP contribution in [-0.4, -0.2) is 21.5 Å². The lowest BCUT2D eigenvalue weighted by atomic mass is 10.2. The van der Waals surface area contributed by atoms with Crippen LogP contribution in [0.2, 0.25) is 15.1 Å². The van der Waals surface area contributed by atoms with E-state index in [1.165, 1.54) is 5.01 Å². The fourth-order valence-corrected chi connectivity index (χ4v) is 3.80. The number of benzene rings is 2. The summed E-state index contributed by atoms with van der Waals surface area (Å²) in [6.07, 6.45) is 3.17. The van der Waals surface area contributed by atoms with Crippen molar-refractivity contribution < 1.29 is 4.79 Å². The number of halogens is 3. The van der Waals surface area contributed by atoms with Gasteiger partial charge in [-0.3, -0.25) is 4.79 Å². The summed E-state index contributed by atoms with van der Waals surface area (Å²) in [6, 6.07) is 12.2. The van der Waals surface area contributed by atoms with Gasteiger partial charge in [0.15, 0.2) is 4.32 Å². The first-order valence-corrected chi connectivity index (χ1v) is 9.33. The zero-order valence-electron chi connectivity index (χ0n) is 12.4. The smallest absolute Gasteiger partial charge is 0.266 e. The number of thioether (sulfide) groups is 1. The number of hydrogen-bond acceptors (Lipinski definition) is 4. The fraction of sp³-hybridized carbons (Fsp3) is 0. The van der Waals surface area contributed by atoms with Gasteiger partial charge in [0, 0.05) is 20.6 Å². The first kappa shape index (κ1) is 18.4. The standard InChI is InChI=1S/C17H9Cl3N2OS2/c18-11-6-4-10(5-7-11)9-21-22-16(23)15(25-17(22)24)8-12-13(19)2-1-3-14(12)20/h1-9H/b15-8+,21-9+. The molecule has 0 aromatic heterocycles. The molecule has 0 atom stereocenters. The summed E-state index contributed by atoms with van der Waals surface area (Å²) < 4.78 is 0.338. The second-order valence-corrected chi connectivity index (χ2v) is 7.85. The predicted octanol–water partition coefficient (Wildman–Crippen LogP) is 5.88. The molecular weight excluding hydrogens is 419 g/mol. The van der Waals surface area contributed by atoms with Crippen LogP contribution in [0.15, 0.2) is 52.5 Å². The second kappa shape index (κ2) is 7.89. The van der Waals surface area contributed by atoms with Crippen molar-refractivity contribution in [2.24, 2.45) is 5.10 Å². The Balaban J connectivity index is 1.85. The lowest BCUT2D eigenvalue weighted by molar-refractivity contribution is -0.122. The zero-order valence-corrected chi connectivity index (χ0v) is 16.3. The highest BCUT2D eigenvalue weighted by molar-refractivity contribution is 8.26. The van der Waals surface area contributed by atoms with E-state index in [9.17, 15) is 4.79 Å². The van der Waals surface area contributed by atoms with E-state index < -0.39 is 0 Å². The average molecular weight is 428 g/mol. The van der Waals surface area contributed by atoms with E-state index >= 15 is 0 Å². The summed E-state index contributed by atoms with van der Waals surface area (Å²) >= 11 is 24.5. The number of nitrogens with zero attached hydrogens (tertiary/aromatic N) is 2.